The van der Waals surface area contributed by atoms with E-state index in [0.29, 0.717) is 11.7 Å². The number of rotatable bonds is 2. The maximum atomic E-state index is 12.8. The van der Waals surface area contributed by atoms with Crippen molar-refractivity contribution in [1.29, 1.82) is 0 Å². The molecule has 0 saturated carbocycles. The van der Waals surface area contributed by atoms with Crippen LogP contribution in [-0.4, -0.2) is 34.9 Å². The second-order valence-electron chi connectivity index (χ2n) is 4.65. The molecule has 0 aliphatic carbocycles. The molecule has 4 heteroatoms. The van der Waals surface area contributed by atoms with Gasteiger partial charge in [-0.05, 0) is 24.1 Å². The van der Waals surface area contributed by atoms with Gasteiger partial charge >= 0.3 is 0 Å². The molecule has 0 aromatic heterocycles. The van der Waals surface area contributed by atoms with E-state index in [0.717, 1.165) is 30.8 Å². The second-order valence-corrected chi connectivity index (χ2v) is 6.20. The van der Waals surface area contributed by atoms with Crippen LogP contribution in [0.2, 0.25) is 0 Å². The number of halogens is 1. The number of carbonyl (C=O) groups excluding carboxylic acids is 1. The molecular weight excluding hydrogens is 249 g/mol. The predicted molar refractivity (Wildman–Crippen MR) is 73.2 cm³/mol. The molecule has 1 aliphatic rings. The maximum absolute atomic E-state index is 12.8. The summed E-state index contributed by atoms with van der Waals surface area (Å²) < 4.78 is 12.8. The molecule has 1 fully saturated rings. The zero-order chi connectivity index (χ0) is 13.0. The molecule has 2 rings (SSSR count). The first kappa shape index (κ1) is 13.4. The zero-order valence-corrected chi connectivity index (χ0v) is 11.4. The van der Waals surface area contributed by atoms with Gasteiger partial charge in [0.15, 0.2) is 0 Å². The van der Waals surface area contributed by atoms with Crippen LogP contribution in [0.1, 0.15) is 18.9 Å². The Balaban J connectivity index is 1.92. The standard InChI is InChI=1S/C14H18FNOS/c1-11-6-7-16(8-9-18-11)14(17)10-12-2-4-13(15)5-3-12/h2-5,11H,6-10H2,1H3. The van der Waals surface area contributed by atoms with E-state index in [1.165, 1.54) is 12.1 Å². The van der Waals surface area contributed by atoms with Crippen molar-refractivity contribution in [1.82, 2.24) is 4.90 Å². The van der Waals surface area contributed by atoms with Crippen molar-refractivity contribution in [2.45, 2.75) is 25.0 Å². The SMILES string of the molecule is CC1CCN(C(=O)Cc2ccc(F)cc2)CCS1. The van der Waals surface area contributed by atoms with E-state index in [9.17, 15) is 9.18 Å². The van der Waals surface area contributed by atoms with Crippen molar-refractivity contribution in [3.63, 3.8) is 0 Å². The molecule has 1 aromatic rings. The fraction of sp³-hybridized carbons (Fsp3) is 0.500. The lowest BCUT2D eigenvalue weighted by molar-refractivity contribution is -0.130. The predicted octanol–water partition coefficient (Wildman–Crippen LogP) is 2.72. The van der Waals surface area contributed by atoms with Crippen molar-refractivity contribution in [2.24, 2.45) is 0 Å². The Morgan fingerprint density at radius 2 is 2.11 bits per heavy atom. The van der Waals surface area contributed by atoms with Crippen LogP contribution in [0.3, 0.4) is 0 Å². The van der Waals surface area contributed by atoms with Crippen LogP contribution in [0, 0.1) is 5.82 Å². The molecule has 1 aliphatic heterocycles. The molecule has 0 N–H and O–H groups in total. The van der Waals surface area contributed by atoms with Gasteiger partial charge in [0.1, 0.15) is 5.82 Å². The summed E-state index contributed by atoms with van der Waals surface area (Å²) in [6.45, 7) is 3.88. The van der Waals surface area contributed by atoms with Crippen molar-refractivity contribution in [3.05, 3.63) is 35.6 Å². The zero-order valence-electron chi connectivity index (χ0n) is 10.6. The molecule has 1 heterocycles. The molecule has 2 nitrogen and oxygen atoms in total. The van der Waals surface area contributed by atoms with Crippen LogP contribution in [0.5, 0.6) is 0 Å². The number of nitrogens with zero attached hydrogens (tertiary/aromatic N) is 1. The third-order valence-corrected chi connectivity index (χ3v) is 4.41. The van der Waals surface area contributed by atoms with Crippen LogP contribution in [-0.2, 0) is 11.2 Å². The molecular formula is C14H18FNOS. The molecule has 98 valence electrons. The number of hydrogen-bond acceptors (Lipinski definition) is 2. The Labute approximate surface area is 112 Å². The number of thioether (sulfide) groups is 1. The highest BCUT2D eigenvalue weighted by Crippen LogP contribution is 2.19. The molecule has 1 amide bonds. The summed E-state index contributed by atoms with van der Waals surface area (Å²) in [5.41, 5.74) is 0.881. The third-order valence-electron chi connectivity index (χ3n) is 3.19. The average molecular weight is 267 g/mol. The van der Waals surface area contributed by atoms with Gasteiger partial charge in [-0.1, -0.05) is 19.1 Å². The second kappa shape index (κ2) is 6.23. The topological polar surface area (TPSA) is 20.3 Å². The molecule has 0 bridgehead atoms. The lowest BCUT2D eigenvalue weighted by Crippen LogP contribution is -2.34. The van der Waals surface area contributed by atoms with E-state index in [4.69, 9.17) is 0 Å². The summed E-state index contributed by atoms with van der Waals surface area (Å²) in [5, 5.41) is 0.633. The van der Waals surface area contributed by atoms with Gasteiger partial charge in [-0.3, -0.25) is 4.79 Å². The number of hydrogen-bond donors (Lipinski definition) is 0. The third kappa shape index (κ3) is 3.73. The minimum Gasteiger partial charge on any atom is -0.342 e. The highest BCUT2D eigenvalue weighted by atomic mass is 32.2. The molecule has 1 atom stereocenters. The smallest absolute Gasteiger partial charge is 0.227 e. The van der Waals surface area contributed by atoms with Gasteiger partial charge < -0.3 is 4.90 Å². The summed E-state index contributed by atoms with van der Waals surface area (Å²) in [5.74, 6) is 0.901. The Hall–Kier alpha value is -1.03. The highest BCUT2D eigenvalue weighted by Gasteiger charge is 2.18. The molecule has 1 saturated heterocycles. The summed E-state index contributed by atoms with van der Waals surface area (Å²) in [6.07, 6.45) is 1.43. The minimum atomic E-state index is -0.258. The van der Waals surface area contributed by atoms with Crippen LogP contribution in [0.15, 0.2) is 24.3 Å². The molecule has 1 unspecified atom stereocenters. The van der Waals surface area contributed by atoms with Gasteiger partial charge in [-0.25, -0.2) is 4.39 Å². The van der Waals surface area contributed by atoms with Crippen molar-refractivity contribution < 1.29 is 9.18 Å². The van der Waals surface area contributed by atoms with E-state index in [1.54, 1.807) is 12.1 Å². The first-order chi connectivity index (χ1) is 8.65. The minimum absolute atomic E-state index is 0.149. The molecule has 0 radical (unpaired) electrons. The normalized spacial score (nSPS) is 20.6. The van der Waals surface area contributed by atoms with Gasteiger partial charge in [0, 0.05) is 24.1 Å². The monoisotopic (exact) mass is 267 g/mol. The van der Waals surface area contributed by atoms with Gasteiger partial charge in [0.05, 0.1) is 6.42 Å². The Bertz CT molecular complexity index is 407. The van der Waals surface area contributed by atoms with Crippen molar-refractivity contribution >= 4 is 17.7 Å². The van der Waals surface area contributed by atoms with Crippen LogP contribution < -0.4 is 0 Å². The fourth-order valence-electron chi connectivity index (χ4n) is 2.03. The molecule has 1 aromatic carbocycles. The quantitative estimate of drug-likeness (QED) is 0.821. The Kier molecular flexibility index (Phi) is 4.64. The number of carbonyl (C=O) groups is 1. The Morgan fingerprint density at radius 3 is 2.83 bits per heavy atom. The maximum Gasteiger partial charge on any atom is 0.227 e. The van der Waals surface area contributed by atoms with Gasteiger partial charge in [0.2, 0.25) is 5.91 Å². The van der Waals surface area contributed by atoms with Gasteiger partial charge in [-0.2, -0.15) is 11.8 Å². The summed E-state index contributed by atoms with van der Waals surface area (Å²) in [6, 6.07) is 6.18. The number of amides is 1. The van der Waals surface area contributed by atoms with Crippen LogP contribution in [0.25, 0.3) is 0 Å². The van der Waals surface area contributed by atoms with E-state index >= 15 is 0 Å². The summed E-state index contributed by atoms with van der Waals surface area (Å²) in [7, 11) is 0. The average Bonchev–Trinajstić information content (AvgIpc) is 2.57. The summed E-state index contributed by atoms with van der Waals surface area (Å²) in [4.78, 5) is 14.1. The van der Waals surface area contributed by atoms with E-state index in [1.807, 2.05) is 16.7 Å². The van der Waals surface area contributed by atoms with E-state index in [-0.39, 0.29) is 11.7 Å². The van der Waals surface area contributed by atoms with Gasteiger partial charge in [0.25, 0.3) is 0 Å². The first-order valence-corrected chi connectivity index (χ1v) is 7.34. The van der Waals surface area contributed by atoms with Crippen molar-refractivity contribution in [2.75, 3.05) is 18.8 Å². The van der Waals surface area contributed by atoms with Gasteiger partial charge in [-0.15, -0.1) is 0 Å². The lowest BCUT2D eigenvalue weighted by atomic mass is 10.1. The molecule has 0 spiro atoms. The van der Waals surface area contributed by atoms with E-state index < -0.39 is 0 Å². The molecule has 18 heavy (non-hydrogen) atoms. The largest absolute Gasteiger partial charge is 0.342 e. The first-order valence-electron chi connectivity index (χ1n) is 6.29. The van der Waals surface area contributed by atoms with Crippen LogP contribution >= 0.6 is 11.8 Å². The highest BCUT2D eigenvalue weighted by molar-refractivity contribution is 7.99. The Morgan fingerprint density at radius 1 is 1.39 bits per heavy atom. The van der Waals surface area contributed by atoms with Crippen molar-refractivity contribution in [3.8, 4) is 0 Å². The van der Waals surface area contributed by atoms with E-state index in [2.05, 4.69) is 6.92 Å². The van der Waals surface area contributed by atoms with Crippen LogP contribution in [0.4, 0.5) is 4.39 Å². The summed E-state index contributed by atoms with van der Waals surface area (Å²) >= 11 is 1.92. The fourth-order valence-corrected chi connectivity index (χ4v) is 3.04. The lowest BCUT2D eigenvalue weighted by Gasteiger charge is -2.20. The number of benzene rings is 1.